The molecule has 33 heavy (non-hydrogen) atoms. The summed E-state index contributed by atoms with van der Waals surface area (Å²) in [4.78, 5) is 11.9. The molecule has 0 atom stereocenters. The maximum atomic E-state index is 12.9. The van der Waals surface area contributed by atoms with E-state index >= 15 is 0 Å². The first-order chi connectivity index (χ1) is 15.7. The van der Waals surface area contributed by atoms with Crippen molar-refractivity contribution in [2.75, 3.05) is 12.8 Å². The number of Topliss-reactive ketones (excluding diaryl/α,β-unsaturated/α-hetero) is 1. The van der Waals surface area contributed by atoms with Gasteiger partial charge in [-0.2, -0.15) is 13.2 Å². The molecule has 0 unspecified atom stereocenters. The van der Waals surface area contributed by atoms with Crippen LogP contribution in [0.15, 0.2) is 78.2 Å². The van der Waals surface area contributed by atoms with E-state index in [1.165, 1.54) is 6.07 Å². The van der Waals surface area contributed by atoms with E-state index < -0.39 is 17.5 Å². The molecular formula is C25H26F3N3OS. The Morgan fingerprint density at radius 2 is 1.61 bits per heavy atom. The molecule has 174 valence electrons. The lowest BCUT2D eigenvalue weighted by atomic mass is 9.94. The largest absolute Gasteiger partial charge is 0.416 e. The SMILES string of the molecule is CS/C=C(\N)c1ccccc1.NCC(=O)c1ccc(C(F)(F)F)cc1-c1ccc(CN)cc1. The van der Waals surface area contributed by atoms with Crippen molar-refractivity contribution < 1.29 is 18.0 Å². The molecule has 0 heterocycles. The monoisotopic (exact) mass is 473 g/mol. The Labute approximate surface area is 195 Å². The summed E-state index contributed by atoms with van der Waals surface area (Å²) in [6.45, 7) is 0.0662. The fourth-order valence-electron chi connectivity index (χ4n) is 2.96. The molecule has 3 aromatic carbocycles. The number of thioether (sulfide) groups is 1. The molecule has 0 aromatic heterocycles. The van der Waals surface area contributed by atoms with Gasteiger partial charge in [-0.3, -0.25) is 4.79 Å². The second-order valence-electron chi connectivity index (χ2n) is 6.96. The van der Waals surface area contributed by atoms with E-state index in [0.717, 1.165) is 29.0 Å². The van der Waals surface area contributed by atoms with Crippen LogP contribution in [0.1, 0.15) is 27.0 Å². The van der Waals surface area contributed by atoms with Gasteiger partial charge in [0.05, 0.1) is 12.1 Å². The van der Waals surface area contributed by atoms with Crippen molar-refractivity contribution in [3.8, 4) is 11.1 Å². The van der Waals surface area contributed by atoms with Crippen molar-refractivity contribution in [2.24, 2.45) is 17.2 Å². The lowest BCUT2D eigenvalue weighted by Gasteiger charge is -2.13. The van der Waals surface area contributed by atoms with Crippen LogP contribution in [0, 0.1) is 0 Å². The highest BCUT2D eigenvalue weighted by Gasteiger charge is 2.31. The van der Waals surface area contributed by atoms with E-state index in [-0.39, 0.29) is 17.7 Å². The predicted octanol–water partition coefficient (Wildman–Crippen LogP) is 5.28. The molecule has 0 saturated heterocycles. The van der Waals surface area contributed by atoms with Gasteiger partial charge in [0, 0.05) is 17.8 Å². The standard InChI is InChI=1S/C16H15F3N2O.C9H11NS/c17-16(18,19)12-5-6-13(15(22)9-21)14(7-12)11-3-1-10(8-20)2-4-11;1-11-7-9(10)8-5-3-2-4-6-8/h1-7H,8-9,20-21H2;2-7H,10H2,1H3/b;9-7-. The summed E-state index contributed by atoms with van der Waals surface area (Å²) in [5, 5.41) is 1.94. The van der Waals surface area contributed by atoms with Gasteiger partial charge in [0.25, 0.3) is 0 Å². The summed E-state index contributed by atoms with van der Waals surface area (Å²) in [5.74, 6) is -0.411. The van der Waals surface area contributed by atoms with E-state index in [1.54, 1.807) is 36.0 Å². The predicted molar refractivity (Wildman–Crippen MR) is 130 cm³/mol. The number of carbonyl (C=O) groups is 1. The highest BCUT2D eigenvalue weighted by atomic mass is 32.2. The number of hydrogen-bond donors (Lipinski definition) is 3. The molecule has 0 amide bonds. The first-order valence-corrected chi connectivity index (χ1v) is 11.3. The van der Waals surface area contributed by atoms with E-state index in [2.05, 4.69) is 0 Å². The number of hydrogen-bond acceptors (Lipinski definition) is 5. The normalized spacial score (nSPS) is 11.5. The van der Waals surface area contributed by atoms with Crippen LogP contribution in [0.5, 0.6) is 0 Å². The van der Waals surface area contributed by atoms with Gasteiger partial charge >= 0.3 is 6.18 Å². The molecular weight excluding hydrogens is 447 g/mol. The lowest BCUT2D eigenvalue weighted by Crippen LogP contribution is -2.15. The van der Waals surface area contributed by atoms with Crippen molar-refractivity contribution in [1.82, 2.24) is 0 Å². The number of carbonyl (C=O) groups excluding carboxylic acids is 1. The summed E-state index contributed by atoms with van der Waals surface area (Å²) in [6, 6.07) is 19.7. The van der Waals surface area contributed by atoms with Crippen molar-refractivity contribution >= 4 is 23.2 Å². The number of benzene rings is 3. The molecule has 3 aromatic rings. The number of halogens is 3. The molecule has 0 radical (unpaired) electrons. The van der Waals surface area contributed by atoms with E-state index in [4.69, 9.17) is 17.2 Å². The first-order valence-electron chi connectivity index (χ1n) is 9.99. The van der Waals surface area contributed by atoms with Crippen LogP contribution in [0.3, 0.4) is 0 Å². The van der Waals surface area contributed by atoms with Crippen LogP contribution < -0.4 is 17.2 Å². The van der Waals surface area contributed by atoms with Gasteiger partial charge < -0.3 is 17.2 Å². The number of rotatable bonds is 6. The molecule has 0 bridgehead atoms. The Kier molecular flexibility index (Phi) is 9.72. The molecule has 0 aliphatic carbocycles. The minimum absolute atomic E-state index is 0.177. The minimum atomic E-state index is -4.48. The van der Waals surface area contributed by atoms with Gasteiger partial charge in [0.2, 0.25) is 0 Å². The quantitative estimate of drug-likeness (QED) is 0.424. The molecule has 4 nitrogen and oxygen atoms in total. The fourth-order valence-corrected chi connectivity index (χ4v) is 3.35. The maximum absolute atomic E-state index is 12.9. The highest BCUT2D eigenvalue weighted by molar-refractivity contribution is 8.01. The Hall–Kier alpha value is -3.07. The van der Waals surface area contributed by atoms with Crippen LogP contribution in [-0.4, -0.2) is 18.6 Å². The van der Waals surface area contributed by atoms with Crippen molar-refractivity contribution in [3.63, 3.8) is 0 Å². The third kappa shape index (κ3) is 7.49. The Morgan fingerprint density at radius 3 is 2.12 bits per heavy atom. The van der Waals surface area contributed by atoms with E-state index in [1.807, 2.05) is 42.0 Å². The van der Waals surface area contributed by atoms with Gasteiger partial charge in [-0.15, -0.1) is 11.8 Å². The maximum Gasteiger partial charge on any atom is 0.416 e. The smallest absolute Gasteiger partial charge is 0.398 e. The van der Waals surface area contributed by atoms with E-state index in [0.29, 0.717) is 12.1 Å². The van der Waals surface area contributed by atoms with Crippen LogP contribution in [-0.2, 0) is 12.7 Å². The van der Waals surface area contributed by atoms with Crippen LogP contribution in [0.2, 0.25) is 0 Å². The zero-order valence-electron chi connectivity index (χ0n) is 18.1. The molecule has 3 rings (SSSR count). The second-order valence-corrected chi connectivity index (χ2v) is 7.67. The third-order valence-corrected chi connectivity index (χ3v) is 5.17. The van der Waals surface area contributed by atoms with Gasteiger partial charge in [-0.1, -0.05) is 60.7 Å². The summed E-state index contributed by atoms with van der Waals surface area (Å²) in [6.07, 6.45) is -2.48. The van der Waals surface area contributed by atoms with Crippen LogP contribution in [0.4, 0.5) is 13.2 Å². The summed E-state index contributed by atoms with van der Waals surface area (Å²) in [7, 11) is 0. The average molecular weight is 474 g/mol. The summed E-state index contributed by atoms with van der Waals surface area (Å²) in [5.41, 5.74) is 19.4. The lowest BCUT2D eigenvalue weighted by molar-refractivity contribution is -0.137. The van der Waals surface area contributed by atoms with Gasteiger partial charge in [-0.05, 0) is 46.1 Å². The average Bonchev–Trinajstić information content (AvgIpc) is 2.84. The zero-order valence-corrected chi connectivity index (χ0v) is 18.9. The van der Waals surface area contributed by atoms with Crippen LogP contribution >= 0.6 is 11.8 Å². The van der Waals surface area contributed by atoms with E-state index in [9.17, 15) is 18.0 Å². The van der Waals surface area contributed by atoms with Crippen molar-refractivity contribution in [1.29, 1.82) is 0 Å². The molecule has 0 aliphatic rings. The van der Waals surface area contributed by atoms with Crippen LogP contribution in [0.25, 0.3) is 16.8 Å². The molecule has 0 spiro atoms. The molecule has 0 aliphatic heterocycles. The minimum Gasteiger partial charge on any atom is -0.398 e. The molecule has 8 heteroatoms. The second kappa shape index (κ2) is 12.2. The van der Waals surface area contributed by atoms with Crippen molar-refractivity contribution in [2.45, 2.75) is 12.7 Å². The fraction of sp³-hybridized carbons (Fsp3) is 0.160. The molecule has 0 fully saturated rings. The summed E-state index contributed by atoms with van der Waals surface area (Å²) >= 11 is 1.62. The number of alkyl halides is 3. The van der Waals surface area contributed by atoms with Gasteiger partial charge in [0.15, 0.2) is 5.78 Å². The zero-order chi connectivity index (χ0) is 24.4. The van der Waals surface area contributed by atoms with Gasteiger partial charge in [0.1, 0.15) is 0 Å². The third-order valence-electron chi connectivity index (χ3n) is 4.69. The Balaban J connectivity index is 0.000000294. The van der Waals surface area contributed by atoms with Crippen molar-refractivity contribution in [3.05, 3.63) is 100 Å². The topological polar surface area (TPSA) is 95.1 Å². The number of ketones is 1. The Bertz CT molecular complexity index is 1080. The molecule has 0 saturated carbocycles. The highest BCUT2D eigenvalue weighted by Crippen LogP contribution is 2.34. The molecule has 6 N–H and O–H groups in total. The Morgan fingerprint density at radius 1 is 0.970 bits per heavy atom. The van der Waals surface area contributed by atoms with Gasteiger partial charge in [-0.25, -0.2) is 0 Å². The summed E-state index contributed by atoms with van der Waals surface area (Å²) < 4.78 is 38.7. The number of nitrogens with two attached hydrogens (primary N) is 3. The first kappa shape index (κ1) is 26.2.